The standard InChI is InChI=1S/C13H27NO2/c1-11-7-12(2,3)9-13(15,8-11)10-14-5-6-16-4/h11,14-15H,5-10H2,1-4H3. The van der Waals surface area contributed by atoms with E-state index in [1.807, 2.05) is 0 Å². The van der Waals surface area contributed by atoms with Crippen LogP contribution in [0.2, 0.25) is 0 Å². The molecule has 0 aromatic rings. The molecule has 1 aliphatic carbocycles. The van der Waals surface area contributed by atoms with E-state index >= 15 is 0 Å². The highest BCUT2D eigenvalue weighted by Gasteiger charge is 2.41. The van der Waals surface area contributed by atoms with Crippen molar-refractivity contribution in [3.63, 3.8) is 0 Å². The molecule has 1 fully saturated rings. The van der Waals surface area contributed by atoms with Crippen LogP contribution in [-0.4, -0.2) is 37.5 Å². The van der Waals surface area contributed by atoms with E-state index in [4.69, 9.17) is 4.74 Å². The van der Waals surface area contributed by atoms with Crippen molar-refractivity contribution in [2.75, 3.05) is 26.8 Å². The van der Waals surface area contributed by atoms with Crippen molar-refractivity contribution < 1.29 is 9.84 Å². The normalized spacial score (nSPS) is 33.9. The molecular weight excluding hydrogens is 202 g/mol. The molecule has 0 aromatic heterocycles. The van der Waals surface area contributed by atoms with E-state index in [0.717, 1.165) is 19.4 Å². The van der Waals surface area contributed by atoms with Crippen LogP contribution >= 0.6 is 0 Å². The van der Waals surface area contributed by atoms with E-state index < -0.39 is 5.60 Å². The highest BCUT2D eigenvalue weighted by molar-refractivity contribution is 4.94. The van der Waals surface area contributed by atoms with Crippen molar-refractivity contribution in [2.24, 2.45) is 11.3 Å². The minimum Gasteiger partial charge on any atom is -0.389 e. The number of rotatable bonds is 5. The monoisotopic (exact) mass is 229 g/mol. The van der Waals surface area contributed by atoms with Gasteiger partial charge in [0.25, 0.3) is 0 Å². The van der Waals surface area contributed by atoms with Crippen LogP contribution in [-0.2, 0) is 4.74 Å². The van der Waals surface area contributed by atoms with Crippen LogP contribution in [0.4, 0.5) is 0 Å². The Balaban J connectivity index is 2.42. The average molecular weight is 229 g/mol. The Hall–Kier alpha value is -0.120. The fraction of sp³-hybridized carbons (Fsp3) is 1.00. The van der Waals surface area contributed by atoms with Crippen molar-refractivity contribution in [2.45, 2.75) is 45.6 Å². The summed E-state index contributed by atoms with van der Waals surface area (Å²) in [7, 11) is 1.70. The summed E-state index contributed by atoms with van der Waals surface area (Å²) in [6, 6.07) is 0. The molecule has 16 heavy (non-hydrogen) atoms. The molecule has 1 rings (SSSR count). The number of ether oxygens (including phenoxy) is 1. The lowest BCUT2D eigenvalue weighted by molar-refractivity contribution is -0.0566. The lowest BCUT2D eigenvalue weighted by Crippen LogP contribution is -2.49. The van der Waals surface area contributed by atoms with Gasteiger partial charge in [0.05, 0.1) is 12.2 Å². The summed E-state index contributed by atoms with van der Waals surface area (Å²) in [5.74, 6) is 0.609. The van der Waals surface area contributed by atoms with Gasteiger partial charge in [-0.25, -0.2) is 0 Å². The summed E-state index contributed by atoms with van der Waals surface area (Å²) in [4.78, 5) is 0. The number of aliphatic hydroxyl groups is 1. The van der Waals surface area contributed by atoms with Gasteiger partial charge in [0, 0.05) is 20.2 Å². The molecule has 2 unspecified atom stereocenters. The van der Waals surface area contributed by atoms with Crippen molar-refractivity contribution in [1.82, 2.24) is 5.32 Å². The predicted molar refractivity (Wildman–Crippen MR) is 66.5 cm³/mol. The first-order chi connectivity index (χ1) is 7.37. The van der Waals surface area contributed by atoms with Crippen LogP contribution in [0.5, 0.6) is 0 Å². The molecule has 3 heteroatoms. The molecule has 2 N–H and O–H groups in total. The van der Waals surface area contributed by atoms with Crippen LogP contribution in [0.25, 0.3) is 0 Å². The van der Waals surface area contributed by atoms with Gasteiger partial charge in [-0.2, -0.15) is 0 Å². The van der Waals surface area contributed by atoms with Crippen LogP contribution in [0.1, 0.15) is 40.0 Å². The molecule has 1 aliphatic rings. The SMILES string of the molecule is COCCNCC1(O)CC(C)CC(C)(C)C1. The highest BCUT2D eigenvalue weighted by atomic mass is 16.5. The summed E-state index contributed by atoms with van der Waals surface area (Å²) in [6.07, 6.45) is 3.02. The Morgan fingerprint density at radius 1 is 1.38 bits per heavy atom. The summed E-state index contributed by atoms with van der Waals surface area (Å²) in [5.41, 5.74) is -0.274. The van der Waals surface area contributed by atoms with Crippen LogP contribution in [0.15, 0.2) is 0 Å². The molecule has 0 heterocycles. The molecule has 1 saturated carbocycles. The predicted octanol–water partition coefficient (Wildman–Crippen LogP) is 1.80. The second kappa shape index (κ2) is 5.48. The van der Waals surface area contributed by atoms with Gasteiger partial charge in [-0.3, -0.25) is 0 Å². The zero-order chi connectivity index (χ0) is 12.2. The quantitative estimate of drug-likeness (QED) is 0.706. The molecule has 0 saturated heterocycles. The van der Waals surface area contributed by atoms with Crippen molar-refractivity contribution >= 4 is 0 Å². The molecule has 0 bridgehead atoms. The van der Waals surface area contributed by atoms with Gasteiger partial charge < -0.3 is 15.2 Å². The lowest BCUT2D eigenvalue weighted by Gasteiger charge is -2.44. The Bertz CT molecular complexity index is 218. The molecular formula is C13H27NO2. The molecule has 0 amide bonds. The molecule has 0 aromatic carbocycles. The largest absolute Gasteiger partial charge is 0.389 e. The molecule has 96 valence electrons. The second-order valence-electron chi connectivity index (χ2n) is 6.25. The van der Waals surface area contributed by atoms with Gasteiger partial charge in [0.1, 0.15) is 0 Å². The fourth-order valence-corrected chi connectivity index (χ4v) is 3.33. The maximum atomic E-state index is 10.6. The Labute approximate surface area is 99.6 Å². The molecule has 0 spiro atoms. The molecule has 0 radical (unpaired) electrons. The van der Waals surface area contributed by atoms with Crippen LogP contribution in [0.3, 0.4) is 0 Å². The second-order valence-corrected chi connectivity index (χ2v) is 6.25. The van der Waals surface area contributed by atoms with Gasteiger partial charge in [-0.15, -0.1) is 0 Å². The van der Waals surface area contributed by atoms with Crippen LogP contribution < -0.4 is 5.32 Å². The van der Waals surface area contributed by atoms with Crippen LogP contribution in [0, 0.1) is 11.3 Å². The number of hydrogen-bond acceptors (Lipinski definition) is 3. The Morgan fingerprint density at radius 3 is 2.62 bits per heavy atom. The van der Waals surface area contributed by atoms with E-state index in [-0.39, 0.29) is 5.41 Å². The fourth-order valence-electron chi connectivity index (χ4n) is 3.33. The van der Waals surface area contributed by atoms with Gasteiger partial charge >= 0.3 is 0 Å². The smallest absolute Gasteiger partial charge is 0.0779 e. The number of hydrogen-bond donors (Lipinski definition) is 2. The first kappa shape index (κ1) is 13.9. The first-order valence-corrected chi connectivity index (χ1v) is 6.29. The topological polar surface area (TPSA) is 41.5 Å². The maximum Gasteiger partial charge on any atom is 0.0779 e. The Kier molecular flexibility index (Phi) is 4.77. The van der Waals surface area contributed by atoms with E-state index in [0.29, 0.717) is 19.1 Å². The third-order valence-corrected chi connectivity index (χ3v) is 3.37. The minimum absolute atomic E-state index is 0.259. The zero-order valence-corrected chi connectivity index (χ0v) is 11.2. The minimum atomic E-state index is -0.533. The molecule has 0 aliphatic heterocycles. The summed E-state index contributed by atoms with van der Waals surface area (Å²) in [6.45, 7) is 8.94. The third kappa shape index (κ3) is 4.40. The third-order valence-electron chi connectivity index (χ3n) is 3.37. The van der Waals surface area contributed by atoms with E-state index in [1.165, 1.54) is 6.42 Å². The average Bonchev–Trinajstić information content (AvgIpc) is 2.08. The van der Waals surface area contributed by atoms with Gasteiger partial charge in [-0.1, -0.05) is 20.8 Å². The van der Waals surface area contributed by atoms with Crippen molar-refractivity contribution in [3.05, 3.63) is 0 Å². The van der Waals surface area contributed by atoms with Crippen molar-refractivity contribution in [3.8, 4) is 0 Å². The van der Waals surface area contributed by atoms with Gasteiger partial charge in [-0.05, 0) is 30.6 Å². The Morgan fingerprint density at radius 2 is 2.06 bits per heavy atom. The number of methoxy groups -OCH3 is 1. The summed E-state index contributed by atoms with van der Waals surface area (Å²) >= 11 is 0. The number of nitrogens with one attached hydrogen (secondary N) is 1. The van der Waals surface area contributed by atoms with Gasteiger partial charge in [0.15, 0.2) is 0 Å². The van der Waals surface area contributed by atoms with E-state index in [1.54, 1.807) is 7.11 Å². The molecule has 2 atom stereocenters. The lowest BCUT2D eigenvalue weighted by atomic mass is 9.66. The van der Waals surface area contributed by atoms with Gasteiger partial charge in [0.2, 0.25) is 0 Å². The highest BCUT2D eigenvalue weighted by Crippen LogP contribution is 2.43. The summed E-state index contributed by atoms with van der Waals surface area (Å²) in [5, 5.41) is 13.9. The summed E-state index contributed by atoms with van der Waals surface area (Å²) < 4.78 is 4.98. The molecule has 3 nitrogen and oxygen atoms in total. The maximum absolute atomic E-state index is 10.6. The van der Waals surface area contributed by atoms with Crippen molar-refractivity contribution in [1.29, 1.82) is 0 Å². The first-order valence-electron chi connectivity index (χ1n) is 6.29. The van der Waals surface area contributed by atoms with E-state index in [2.05, 4.69) is 26.1 Å². The van der Waals surface area contributed by atoms with E-state index in [9.17, 15) is 5.11 Å². The zero-order valence-electron chi connectivity index (χ0n) is 11.2.